The lowest BCUT2D eigenvalue weighted by Gasteiger charge is -2.38. The third-order valence-corrected chi connectivity index (χ3v) is 6.77. The molecule has 0 bridgehead atoms. The molecule has 1 aromatic heterocycles. The van der Waals surface area contributed by atoms with Crippen LogP contribution < -0.4 is 0 Å². The van der Waals surface area contributed by atoms with Gasteiger partial charge in [-0.05, 0) is 30.7 Å². The topological polar surface area (TPSA) is 72.2 Å². The molecule has 4 rings (SSSR count). The Morgan fingerprint density at radius 3 is 2.59 bits per heavy atom. The van der Waals surface area contributed by atoms with Crippen molar-refractivity contribution in [2.24, 2.45) is 0 Å². The zero-order valence-corrected chi connectivity index (χ0v) is 19.5. The van der Waals surface area contributed by atoms with E-state index < -0.39 is 0 Å². The highest BCUT2D eigenvalue weighted by Gasteiger charge is 2.39. The fourth-order valence-corrected chi connectivity index (χ4v) is 5.15. The highest BCUT2D eigenvalue weighted by molar-refractivity contribution is 8.26. The molecule has 2 aliphatic heterocycles. The molecule has 0 saturated carbocycles. The molecule has 3 heterocycles. The molecule has 0 spiro atoms. The minimum Gasteiger partial charge on any atom is -0.465 e. The van der Waals surface area contributed by atoms with Gasteiger partial charge in [-0.25, -0.2) is 4.79 Å². The molecule has 2 aromatic rings. The summed E-state index contributed by atoms with van der Waals surface area (Å²) in [5.41, 5.74) is 1.29. The number of rotatable bonds is 6. The number of carbonyl (C=O) groups is 2. The quantitative estimate of drug-likeness (QED) is 0.355. The molecule has 2 aliphatic rings. The van der Waals surface area contributed by atoms with Crippen molar-refractivity contribution < 1.29 is 23.5 Å². The Morgan fingerprint density at radius 1 is 1.22 bits per heavy atom. The number of nitrogens with zero attached hydrogens (tertiary/aromatic N) is 2. The lowest BCUT2D eigenvalue weighted by atomic mass is 10.1. The first-order chi connectivity index (χ1) is 15.5. The van der Waals surface area contributed by atoms with Crippen LogP contribution in [0, 0.1) is 0 Å². The summed E-state index contributed by atoms with van der Waals surface area (Å²) in [6, 6.07) is 10.6. The van der Waals surface area contributed by atoms with E-state index in [4.69, 9.17) is 26.1 Å². The van der Waals surface area contributed by atoms with Crippen LogP contribution in [0.5, 0.6) is 0 Å². The molecule has 1 amide bonds. The number of benzene rings is 1. The summed E-state index contributed by atoms with van der Waals surface area (Å²) in [4.78, 5) is 29.3. The van der Waals surface area contributed by atoms with E-state index in [1.54, 1.807) is 35.2 Å². The van der Waals surface area contributed by atoms with Crippen LogP contribution in [0.2, 0.25) is 0 Å². The van der Waals surface area contributed by atoms with Crippen LogP contribution in [-0.4, -0.2) is 65.6 Å². The first-order valence-corrected chi connectivity index (χ1v) is 11.6. The van der Waals surface area contributed by atoms with Crippen LogP contribution in [-0.2, 0) is 14.3 Å². The maximum absolute atomic E-state index is 13.2. The number of ether oxygens (including phenoxy) is 2. The van der Waals surface area contributed by atoms with Crippen molar-refractivity contribution in [2.75, 3.05) is 33.4 Å². The summed E-state index contributed by atoms with van der Waals surface area (Å²) in [6.45, 7) is 4.95. The molecule has 7 nitrogen and oxygen atoms in total. The molecule has 0 N–H and O–H groups in total. The maximum atomic E-state index is 13.2. The maximum Gasteiger partial charge on any atom is 0.337 e. The molecular formula is C23H24N2O5S2. The zero-order chi connectivity index (χ0) is 22.7. The number of morpholine rings is 1. The van der Waals surface area contributed by atoms with E-state index >= 15 is 0 Å². The van der Waals surface area contributed by atoms with Crippen molar-refractivity contribution in [3.63, 3.8) is 0 Å². The van der Waals surface area contributed by atoms with Crippen LogP contribution in [0.25, 0.3) is 17.4 Å². The fourth-order valence-electron chi connectivity index (χ4n) is 3.82. The molecular weight excluding hydrogens is 448 g/mol. The molecule has 1 unspecified atom stereocenters. The molecule has 2 fully saturated rings. The molecule has 0 radical (unpaired) electrons. The van der Waals surface area contributed by atoms with E-state index in [2.05, 4.69) is 11.8 Å². The summed E-state index contributed by atoms with van der Waals surface area (Å²) >= 11 is 6.85. The zero-order valence-electron chi connectivity index (χ0n) is 17.9. The van der Waals surface area contributed by atoms with Crippen LogP contribution in [0.3, 0.4) is 0 Å². The average Bonchev–Trinajstić information content (AvgIpc) is 3.40. The van der Waals surface area contributed by atoms with Crippen LogP contribution in [0.4, 0.5) is 0 Å². The SMILES string of the molecule is CCC(N1CCOCC1)N1C(=O)/C(=C/c2ccc(-c3ccc(C(=O)OC)cc3)o2)SC1=S. The van der Waals surface area contributed by atoms with Gasteiger partial charge in [0.25, 0.3) is 5.91 Å². The van der Waals surface area contributed by atoms with Gasteiger partial charge in [0, 0.05) is 24.7 Å². The fraction of sp³-hybridized carbons (Fsp3) is 0.348. The Balaban J connectivity index is 1.51. The van der Waals surface area contributed by atoms with Crippen LogP contribution in [0.1, 0.15) is 29.5 Å². The second kappa shape index (κ2) is 9.99. The van der Waals surface area contributed by atoms with Gasteiger partial charge >= 0.3 is 5.97 Å². The highest BCUT2D eigenvalue weighted by atomic mass is 32.2. The normalized spacial score (nSPS) is 19.6. The number of esters is 1. The number of amides is 1. The first kappa shape index (κ1) is 22.7. The summed E-state index contributed by atoms with van der Waals surface area (Å²) in [6.07, 6.45) is 2.45. The summed E-state index contributed by atoms with van der Waals surface area (Å²) in [7, 11) is 1.35. The number of furan rings is 1. The molecule has 2 saturated heterocycles. The number of thioether (sulfide) groups is 1. The largest absolute Gasteiger partial charge is 0.465 e. The molecule has 0 aliphatic carbocycles. The predicted octanol–water partition coefficient (Wildman–Crippen LogP) is 4.00. The van der Waals surface area contributed by atoms with Gasteiger partial charge in [0.2, 0.25) is 0 Å². The van der Waals surface area contributed by atoms with Crippen molar-refractivity contribution in [1.82, 2.24) is 9.80 Å². The lowest BCUT2D eigenvalue weighted by Crippen LogP contribution is -2.53. The minimum atomic E-state index is -0.388. The van der Waals surface area contributed by atoms with Crippen molar-refractivity contribution >= 4 is 46.3 Å². The number of methoxy groups -OCH3 is 1. The number of hydrogen-bond donors (Lipinski definition) is 0. The minimum absolute atomic E-state index is 0.0715. The van der Waals surface area contributed by atoms with Crippen molar-refractivity contribution in [3.8, 4) is 11.3 Å². The van der Waals surface area contributed by atoms with E-state index in [1.807, 2.05) is 12.1 Å². The molecule has 1 aromatic carbocycles. The van der Waals surface area contributed by atoms with Crippen LogP contribution in [0.15, 0.2) is 45.7 Å². The molecule has 168 valence electrons. The van der Waals surface area contributed by atoms with Gasteiger partial charge < -0.3 is 13.9 Å². The number of thiocarbonyl (C=S) groups is 1. The van der Waals surface area contributed by atoms with Gasteiger partial charge in [0.05, 0.1) is 37.0 Å². The Kier molecular flexibility index (Phi) is 7.10. The number of carbonyl (C=O) groups excluding carboxylic acids is 2. The van der Waals surface area contributed by atoms with E-state index in [1.165, 1.54) is 18.9 Å². The van der Waals surface area contributed by atoms with E-state index in [-0.39, 0.29) is 18.0 Å². The van der Waals surface area contributed by atoms with E-state index in [0.29, 0.717) is 39.5 Å². The Labute approximate surface area is 196 Å². The average molecular weight is 473 g/mol. The van der Waals surface area contributed by atoms with Gasteiger partial charge in [0.15, 0.2) is 0 Å². The monoisotopic (exact) mass is 472 g/mol. The summed E-state index contributed by atoms with van der Waals surface area (Å²) < 4.78 is 16.7. The predicted molar refractivity (Wildman–Crippen MR) is 127 cm³/mol. The Hall–Kier alpha value is -2.46. The van der Waals surface area contributed by atoms with Crippen molar-refractivity contribution in [3.05, 3.63) is 52.6 Å². The third kappa shape index (κ3) is 4.66. The third-order valence-electron chi connectivity index (χ3n) is 5.44. The second-order valence-electron chi connectivity index (χ2n) is 7.36. The van der Waals surface area contributed by atoms with Gasteiger partial charge in [-0.15, -0.1) is 0 Å². The van der Waals surface area contributed by atoms with Crippen LogP contribution >= 0.6 is 24.0 Å². The van der Waals surface area contributed by atoms with Gasteiger partial charge in [0.1, 0.15) is 15.8 Å². The summed E-state index contributed by atoms with van der Waals surface area (Å²) in [5.74, 6) is 0.722. The van der Waals surface area contributed by atoms with Gasteiger partial charge in [-0.1, -0.05) is 43.0 Å². The molecule has 32 heavy (non-hydrogen) atoms. The summed E-state index contributed by atoms with van der Waals surface area (Å²) in [5, 5.41) is 0. The Morgan fingerprint density at radius 2 is 1.94 bits per heavy atom. The second-order valence-corrected chi connectivity index (χ2v) is 9.04. The smallest absolute Gasteiger partial charge is 0.337 e. The standard InChI is InChI=1S/C23H24N2O5S2/c1-3-20(24-10-12-29-13-11-24)25-21(26)19(32-23(25)31)14-17-8-9-18(30-17)15-4-6-16(7-5-15)22(27)28-2/h4-9,14,20H,3,10-13H2,1-2H3/b19-14-. The van der Waals surface area contributed by atoms with E-state index in [0.717, 1.165) is 25.1 Å². The number of hydrogen-bond acceptors (Lipinski definition) is 8. The van der Waals surface area contributed by atoms with Gasteiger partial charge in [-0.3, -0.25) is 14.6 Å². The van der Waals surface area contributed by atoms with Gasteiger partial charge in [-0.2, -0.15) is 0 Å². The Bertz CT molecular complexity index is 1040. The lowest BCUT2D eigenvalue weighted by molar-refractivity contribution is -0.128. The first-order valence-electron chi connectivity index (χ1n) is 10.4. The molecule has 9 heteroatoms. The van der Waals surface area contributed by atoms with Crippen molar-refractivity contribution in [2.45, 2.75) is 19.5 Å². The molecule has 1 atom stereocenters. The van der Waals surface area contributed by atoms with E-state index in [9.17, 15) is 9.59 Å². The highest BCUT2D eigenvalue weighted by Crippen LogP contribution is 2.36. The van der Waals surface area contributed by atoms with Crippen molar-refractivity contribution in [1.29, 1.82) is 0 Å².